The van der Waals surface area contributed by atoms with Crippen molar-refractivity contribution in [1.82, 2.24) is 24.2 Å². The molecule has 1 aliphatic rings. The van der Waals surface area contributed by atoms with E-state index in [9.17, 15) is 0 Å². The van der Waals surface area contributed by atoms with E-state index in [2.05, 4.69) is 15.0 Å². The molecule has 3 heterocycles. The van der Waals surface area contributed by atoms with E-state index in [0.29, 0.717) is 12.4 Å². The lowest BCUT2D eigenvalue weighted by Crippen LogP contribution is -2.38. The SMILES string of the molecule is COc1ccc(-c2nccn2-c2cn(C)nc2C)cc1OCCN1CCOCC1.O=CO. The molecular weight excluding hydrogens is 414 g/mol. The van der Waals surface area contributed by atoms with Crippen LogP contribution in [0.3, 0.4) is 0 Å². The van der Waals surface area contributed by atoms with Gasteiger partial charge in [-0.25, -0.2) is 4.98 Å². The summed E-state index contributed by atoms with van der Waals surface area (Å²) in [7, 11) is 3.57. The van der Waals surface area contributed by atoms with E-state index in [1.165, 1.54) is 0 Å². The second kappa shape index (κ2) is 11.3. The predicted octanol–water partition coefficient (Wildman–Crippen LogP) is 2.00. The van der Waals surface area contributed by atoms with Crippen molar-refractivity contribution in [2.24, 2.45) is 7.05 Å². The summed E-state index contributed by atoms with van der Waals surface area (Å²) in [5, 5.41) is 11.3. The van der Waals surface area contributed by atoms with Crippen LogP contribution in [0, 0.1) is 6.92 Å². The molecule has 0 amide bonds. The van der Waals surface area contributed by atoms with Gasteiger partial charge in [-0.3, -0.25) is 18.9 Å². The van der Waals surface area contributed by atoms with Gasteiger partial charge in [-0.05, 0) is 25.1 Å². The molecule has 0 atom stereocenters. The van der Waals surface area contributed by atoms with E-state index < -0.39 is 0 Å². The summed E-state index contributed by atoms with van der Waals surface area (Å²) >= 11 is 0. The van der Waals surface area contributed by atoms with Crippen LogP contribution in [-0.2, 0) is 16.6 Å². The molecule has 1 saturated heterocycles. The maximum Gasteiger partial charge on any atom is 0.290 e. The zero-order valence-electron chi connectivity index (χ0n) is 18.6. The van der Waals surface area contributed by atoms with Gasteiger partial charge in [0.05, 0.1) is 31.7 Å². The summed E-state index contributed by atoms with van der Waals surface area (Å²) in [5.74, 6) is 2.27. The average Bonchev–Trinajstić information content (AvgIpc) is 3.40. The van der Waals surface area contributed by atoms with Crippen molar-refractivity contribution >= 4 is 6.47 Å². The van der Waals surface area contributed by atoms with Crippen molar-refractivity contribution in [3.8, 4) is 28.6 Å². The van der Waals surface area contributed by atoms with Gasteiger partial charge in [0.2, 0.25) is 0 Å². The summed E-state index contributed by atoms with van der Waals surface area (Å²) in [6, 6.07) is 5.91. The van der Waals surface area contributed by atoms with Gasteiger partial charge in [-0.15, -0.1) is 0 Å². The zero-order valence-corrected chi connectivity index (χ0v) is 18.6. The van der Waals surface area contributed by atoms with E-state index in [4.69, 9.17) is 24.1 Å². The monoisotopic (exact) mass is 443 g/mol. The summed E-state index contributed by atoms with van der Waals surface area (Å²) in [6.45, 7) is 6.67. The van der Waals surface area contributed by atoms with Gasteiger partial charge in [-0.2, -0.15) is 5.10 Å². The number of carbonyl (C=O) groups is 1. The number of morpholine rings is 1. The number of hydrogen-bond acceptors (Lipinski definition) is 7. The van der Waals surface area contributed by atoms with Crippen LogP contribution in [0.5, 0.6) is 11.5 Å². The third-order valence-electron chi connectivity index (χ3n) is 5.08. The first-order valence-electron chi connectivity index (χ1n) is 10.3. The van der Waals surface area contributed by atoms with Crippen molar-refractivity contribution in [1.29, 1.82) is 0 Å². The van der Waals surface area contributed by atoms with Gasteiger partial charge in [0.15, 0.2) is 11.5 Å². The highest BCUT2D eigenvalue weighted by molar-refractivity contribution is 5.63. The molecule has 0 saturated carbocycles. The van der Waals surface area contributed by atoms with Crippen LogP contribution in [0.2, 0.25) is 0 Å². The van der Waals surface area contributed by atoms with Crippen LogP contribution < -0.4 is 9.47 Å². The van der Waals surface area contributed by atoms with Crippen molar-refractivity contribution in [2.75, 3.05) is 46.6 Å². The van der Waals surface area contributed by atoms with Crippen molar-refractivity contribution in [3.63, 3.8) is 0 Å². The van der Waals surface area contributed by atoms with Crippen LogP contribution in [0.1, 0.15) is 5.69 Å². The second-order valence-corrected chi connectivity index (χ2v) is 7.17. The van der Waals surface area contributed by atoms with E-state index in [1.807, 2.05) is 53.8 Å². The number of benzene rings is 1. The molecule has 10 heteroatoms. The van der Waals surface area contributed by atoms with E-state index in [1.54, 1.807) is 13.3 Å². The first-order chi connectivity index (χ1) is 15.6. The normalized spacial score (nSPS) is 13.8. The zero-order chi connectivity index (χ0) is 22.9. The molecular formula is C22H29N5O5. The number of nitrogens with zero attached hydrogens (tertiary/aromatic N) is 5. The maximum absolute atomic E-state index is 8.36. The molecule has 0 bridgehead atoms. The van der Waals surface area contributed by atoms with Gasteiger partial charge in [-0.1, -0.05) is 0 Å². The number of rotatable bonds is 7. The molecule has 0 spiro atoms. The molecule has 3 aromatic rings. The summed E-state index contributed by atoms with van der Waals surface area (Å²) in [5.41, 5.74) is 2.91. The standard InChI is InChI=1S/C21H27N5O3.CH2O2/c1-16-18(15-24(2)23-16)26-7-6-22-21(26)17-4-5-19(27-3)20(14-17)29-13-10-25-8-11-28-12-9-25;2-1-3/h4-7,14-15H,8-13H2,1-3H3;1H,(H,2,3). The molecule has 32 heavy (non-hydrogen) atoms. The Bertz CT molecular complexity index is 1010. The molecule has 0 radical (unpaired) electrons. The molecule has 172 valence electrons. The fourth-order valence-corrected chi connectivity index (χ4v) is 3.57. The third-order valence-corrected chi connectivity index (χ3v) is 5.08. The van der Waals surface area contributed by atoms with E-state index in [0.717, 1.165) is 61.4 Å². The number of aryl methyl sites for hydroxylation is 2. The van der Waals surface area contributed by atoms with Crippen LogP contribution in [0.25, 0.3) is 17.1 Å². The third kappa shape index (κ3) is 5.65. The van der Waals surface area contributed by atoms with Crippen molar-refractivity contribution in [3.05, 3.63) is 42.5 Å². The molecule has 1 aliphatic heterocycles. The Morgan fingerprint density at radius 3 is 2.66 bits per heavy atom. The summed E-state index contributed by atoms with van der Waals surface area (Å²) < 4.78 is 20.8. The smallest absolute Gasteiger partial charge is 0.290 e. The molecule has 1 N–H and O–H groups in total. The fraction of sp³-hybridized carbons (Fsp3) is 0.409. The van der Waals surface area contributed by atoms with Gasteiger partial charge in [0, 0.05) is 50.8 Å². The molecule has 0 aliphatic carbocycles. The Balaban J connectivity index is 0.000000913. The Kier molecular flexibility index (Phi) is 8.23. The van der Waals surface area contributed by atoms with Gasteiger partial charge in [0.1, 0.15) is 12.4 Å². The Labute approximate surface area is 186 Å². The molecule has 0 unspecified atom stereocenters. The molecule has 4 rings (SSSR count). The lowest BCUT2D eigenvalue weighted by molar-refractivity contribution is -0.122. The van der Waals surface area contributed by atoms with Crippen LogP contribution in [0.15, 0.2) is 36.8 Å². The Hall–Kier alpha value is -3.37. The second-order valence-electron chi connectivity index (χ2n) is 7.17. The van der Waals surface area contributed by atoms with Crippen LogP contribution >= 0.6 is 0 Å². The maximum atomic E-state index is 8.36. The average molecular weight is 444 g/mol. The molecule has 10 nitrogen and oxygen atoms in total. The van der Waals surface area contributed by atoms with Crippen LogP contribution in [-0.4, -0.2) is 82.4 Å². The first kappa shape index (κ1) is 23.3. The highest BCUT2D eigenvalue weighted by Gasteiger charge is 2.15. The number of aromatic nitrogens is 4. The van der Waals surface area contributed by atoms with Gasteiger partial charge >= 0.3 is 0 Å². The number of ether oxygens (including phenoxy) is 3. The molecule has 1 fully saturated rings. The number of hydrogen-bond donors (Lipinski definition) is 1. The van der Waals surface area contributed by atoms with E-state index in [-0.39, 0.29) is 6.47 Å². The quantitative estimate of drug-likeness (QED) is 0.553. The highest BCUT2D eigenvalue weighted by atomic mass is 16.5. The van der Waals surface area contributed by atoms with Crippen molar-refractivity contribution in [2.45, 2.75) is 6.92 Å². The molecule has 2 aromatic heterocycles. The molecule has 1 aromatic carbocycles. The fourth-order valence-electron chi connectivity index (χ4n) is 3.57. The lowest BCUT2D eigenvalue weighted by Gasteiger charge is -2.26. The van der Waals surface area contributed by atoms with Gasteiger partial charge in [0.25, 0.3) is 6.47 Å². The largest absolute Gasteiger partial charge is 0.493 e. The first-order valence-corrected chi connectivity index (χ1v) is 10.3. The minimum Gasteiger partial charge on any atom is -0.493 e. The number of carboxylic acid groups (broad SMARTS) is 1. The van der Waals surface area contributed by atoms with Crippen LogP contribution in [0.4, 0.5) is 0 Å². The van der Waals surface area contributed by atoms with Gasteiger partial charge < -0.3 is 19.3 Å². The number of imidazole rings is 1. The minimum atomic E-state index is -0.250. The van der Waals surface area contributed by atoms with E-state index >= 15 is 0 Å². The lowest BCUT2D eigenvalue weighted by atomic mass is 10.2. The Morgan fingerprint density at radius 1 is 1.25 bits per heavy atom. The van der Waals surface area contributed by atoms with Crippen molar-refractivity contribution < 1.29 is 24.1 Å². The topological polar surface area (TPSA) is 104 Å². The summed E-state index contributed by atoms with van der Waals surface area (Å²) in [6.07, 6.45) is 5.73. The summed E-state index contributed by atoms with van der Waals surface area (Å²) in [4.78, 5) is 15.3. The predicted molar refractivity (Wildman–Crippen MR) is 119 cm³/mol. The minimum absolute atomic E-state index is 0.250. The highest BCUT2D eigenvalue weighted by Crippen LogP contribution is 2.33. The number of methoxy groups -OCH3 is 1. The Morgan fingerprint density at radius 2 is 2.00 bits per heavy atom.